The number of hydrogen-bond acceptors (Lipinski definition) is 6. The van der Waals surface area contributed by atoms with Crippen LogP contribution in [0.25, 0.3) is 0 Å². The Kier molecular flexibility index (Phi) is 5.36. The Morgan fingerprint density at radius 3 is 2.56 bits per heavy atom. The number of ether oxygens (including phenoxy) is 1. The number of carbonyl (C=O) groups excluding carboxylic acids is 1. The van der Waals surface area contributed by atoms with Gasteiger partial charge in [0.2, 0.25) is 11.8 Å². The van der Waals surface area contributed by atoms with E-state index in [1.165, 1.54) is 0 Å². The number of thiazole rings is 1. The summed E-state index contributed by atoms with van der Waals surface area (Å²) in [7, 11) is 8.95. The Morgan fingerprint density at radius 1 is 1.39 bits per heavy atom. The molecule has 18 heavy (non-hydrogen) atoms. The first kappa shape index (κ1) is 14.7. The van der Waals surface area contributed by atoms with Gasteiger partial charge in [-0.3, -0.25) is 4.79 Å². The van der Waals surface area contributed by atoms with Crippen LogP contribution in [-0.2, 0) is 11.3 Å². The van der Waals surface area contributed by atoms with E-state index in [9.17, 15) is 4.79 Å². The van der Waals surface area contributed by atoms with E-state index in [0.717, 1.165) is 10.0 Å². The molecule has 1 N–H and O–H groups in total. The van der Waals surface area contributed by atoms with Crippen molar-refractivity contribution in [2.24, 2.45) is 0 Å². The van der Waals surface area contributed by atoms with Gasteiger partial charge in [-0.1, -0.05) is 11.3 Å². The zero-order chi connectivity index (χ0) is 13.7. The average Bonchev–Trinajstić information content (AvgIpc) is 2.72. The highest BCUT2D eigenvalue weighted by molar-refractivity contribution is 7.15. The summed E-state index contributed by atoms with van der Waals surface area (Å²) in [5.41, 5.74) is 0. The molecule has 0 aliphatic rings. The lowest BCUT2D eigenvalue weighted by atomic mass is 10.4. The van der Waals surface area contributed by atoms with E-state index in [0.29, 0.717) is 19.0 Å². The number of hydrogen-bond donors (Lipinski definition) is 1. The summed E-state index contributed by atoms with van der Waals surface area (Å²) < 4.78 is 5.22. The topological polar surface area (TPSA) is 57.7 Å². The van der Waals surface area contributed by atoms with Gasteiger partial charge in [-0.25, -0.2) is 0 Å². The molecule has 0 aromatic carbocycles. The summed E-state index contributed by atoms with van der Waals surface area (Å²) in [5.74, 6) is 0.666. The minimum absolute atomic E-state index is 0.0475. The lowest BCUT2D eigenvalue weighted by Gasteiger charge is -2.10. The predicted octanol–water partition coefficient (Wildman–Crippen LogP) is 0.395. The number of rotatable bonds is 6. The second kappa shape index (κ2) is 6.55. The van der Waals surface area contributed by atoms with E-state index in [4.69, 9.17) is 4.74 Å². The van der Waals surface area contributed by atoms with Crippen molar-refractivity contribution in [3.8, 4) is 5.88 Å². The number of methoxy groups -OCH3 is 1. The molecule has 1 aromatic rings. The van der Waals surface area contributed by atoms with Crippen LogP contribution in [0.15, 0.2) is 0 Å². The summed E-state index contributed by atoms with van der Waals surface area (Å²) in [6.45, 7) is 0.889. The highest BCUT2D eigenvalue weighted by Gasteiger charge is 2.13. The SMILES string of the molecule is COc1nc(N(C)C)sc1CNCC(=O)N(C)C. The number of anilines is 1. The number of aromatic nitrogens is 1. The van der Waals surface area contributed by atoms with Crippen molar-refractivity contribution in [3.63, 3.8) is 0 Å². The van der Waals surface area contributed by atoms with Crippen molar-refractivity contribution < 1.29 is 9.53 Å². The molecular weight excluding hydrogens is 252 g/mol. The normalized spacial score (nSPS) is 10.3. The zero-order valence-corrected chi connectivity index (χ0v) is 12.3. The second-order valence-corrected chi connectivity index (χ2v) is 5.28. The van der Waals surface area contributed by atoms with Crippen LogP contribution >= 0.6 is 11.3 Å². The first-order valence-corrected chi connectivity index (χ1v) is 6.39. The van der Waals surface area contributed by atoms with Crippen LogP contribution in [0.1, 0.15) is 4.88 Å². The van der Waals surface area contributed by atoms with E-state index in [-0.39, 0.29) is 5.91 Å². The van der Waals surface area contributed by atoms with Crippen molar-refractivity contribution in [3.05, 3.63) is 4.88 Å². The molecule has 102 valence electrons. The van der Waals surface area contributed by atoms with E-state index in [1.54, 1.807) is 37.4 Å². The summed E-state index contributed by atoms with van der Waals surface area (Å²) >= 11 is 1.55. The molecule has 0 saturated carbocycles. The summed E-state index contributed by atoms with van der Waals surface area (Å²) in [5, 5.41) is 3.98. The number of amides is 1. The fraction of sp³-hybridized carbons (Fsp3) is 0.636. The molecule has 0 unspecified atom stereocenters. The Morgan fingerprint density at radius 2 is 2.06 bits per heavy atom. The van der Waals surface area contributed by atoms with Crippen molar-refractivity contribution in [2.75, 3.05) is 46.7 Å². The van der Waals surface area contributed by atoms with Gasteiger partial charge in [-0.05, 0) is 0 Å². The fourth-order valence-electron chi connectivity index (χ4n) is 1.23. The Labute approximate surface area is 112 Å². The summed E-state index contributed by atoms with van der Waals surface area (Å²) in [6.07, 6.45) is 0. The van der Waals surface area contributed by atoms with Crippen molar-refractivity contribution in [1.29, 1.82) is 0 Å². The lowest BCUT2D eigenvalue weighted by Crippen LogP contribution is -2.32. The molecule has 0 aliphatic carbocycles. The van der Waals surface area contributed by atoms with Gasteiger partial charge in [0.25, 0.3) is 0 Å². The maximum Gasteiger partial charge on any atom is 0.236 e. The quantitative estimate of drug-likeness (QED) is 0.812. The van der Waals surface area contributed by atoms with Gasteiger partial charge in [0.1, 0.15) is 0 Å². The second-order valence-electron chi connectivity index (χ2n) is 4.22. The van der Waals surface area contributed by atoms with Gasteiger partial charge in [-0.15, -0.1) is 0 Å². The third kappa shape index (κ3) is 3.85. The largest absolute Gasteiger partial charge is 0.480 e. The highest BCUT2D eigenvalue weighted by atomic mass is 32.1. The smallest absolute Gasteiger partial charge is 0.236 e. The molecule has 0 saturated heterocycles. The third-order valence-electron chi connectivity index (χ3n) is 2.29. The molecular formula is C11H20N4O2S. The van der Waals surface area contributed by atoms with Gasteiger partial charge in [0.05, 0.1) is 18.5 Å². The van der Waals surface area contributed by atoms with Gasteiger partial charge in [-0.2, -0.15) is 4.98 Å². The van der Waals surface area contributed by atoms with Gasteiger partial charge in [0, 0.05) is 34.7 Å². The summed E-state index contributed by atoms with van der Waals surface area (Å²) in [6, 6.07) is 0. The molecule has 0 bridgehead atoms. The lowest BCUT2D eigenvalue weighted by molar-refractivity contribution is -0.127. The molecule has 0 fully saturated rings. The standard InChI is InChI=1S/C11H20N4O2S/c1-14(2)9(16)7-12-6-8-10(17-5)13-11(18-8)15(3)4/h12H,6-7H2,1-5H3. The molecule has 1 amide bonds. The van der Waals surface area contributed by atoms with E-state index in [1.807, 2.05) is 19.0 Å². The van der Waals surface area contributed by atoms with E-state index in [2.05, 4.69) is 10.3 Å². The monoisotopic (exact) mass is 272 g/mol. The Bertz CT molecular complexity index is 404. The van der Waals surface area contributed by atoms with Crippen LogP contribution in [0.5, 0.6) is 5.88 Å². The first-order valence-electron chi connectivity index (χ1n) is 5.57. The minimum atomic E-state index is 0.0475. The van der Waals surface area contributed by atoms with Crippen molar-refractivity contribution >= 4 is 22.4 Å². The molecule has 1 rings (SSSR count). The van der Waals surface area contributed by atoms with Crippen LogP contribution in [0, 0.1) is 0 Å². The van der Waals surface area contributed by atoms with Gasteiger partial charge >= 0.3 is 0 Å². The number of carbonyl (C=O) groups is 1. The van der Waals surface area contributed by atoms with Crippen LogP contribution < -0.4 is 15.0 Å². The van der Waals surface area contributed by atoms with Crippen LogP contribution in [0.2, 0.25) is 0 Å². The van der Waals surface area contributed by atoms with E-state index >= 15 is 0 Å². The maximum atomic E-state index is 11.4. The minimum Gasteiger partial charge on any atom is -0.480 e. The number of likely N-dealkylation sites (N-methyl/N-ethyl adjacent to an activating group) is 1. The summed E-state index contributed by atoms with van der Waals surface area (Å²) in [4.78, 5) is 20.2. The van der Waals surface area contributed by atoms with Gasteiger partial charge in [0.15, 0.2) is 5.13 Å². The van der Waals surface area contributed by atoms with Crippen LogP contribution in [0.3, 0.4) is 0 Å². The number of nitrogens with zero attached hydrogens (tertiary/aromatic N) is 3. The highest BCUT2D eigenvalue weighted by Crippen LogP contribution is 2.29. The molecule has 6 nitrogen and oxygen atoms in total. The van der Waals surface area contributed by atoms with Gasteiger partial charge < -0.3 is 19.9 Å². The predicted molar refractivity (Wildman–Crippen MR) is 73.4 cm³/mol. The van der Waals surface area contributed by atoms with E-state index < -0.39 is 0 Å². The fourth-order valence-corrected chi connectivity index (χ4v) is 2.15. The molecule has 7 heteroatoms. The number of nitrogens with one attached hydrogen (secondary N) is 1. The average molecular weight is 272 g/mol. The Balaban J connectivity index is 2.58. The first-order chi connectivity index (χ1) is 8.45. The Hall–Kier alpha value is -1.34. The van der Waals surface area contributed by atoms with Crippen LogP contribution in [-0.4, -0.2) is 57.6 Å². The molecule has 1 aromatic heterocycles. The van der Waals surface area contributed by atoms with Crippen molar-refractivity contribution in [2.45, 2.75) is 6.54 Å². The molecule has 0 atom stereocenters. The molecule has 1 heterocycles. The van der Waals surface area contributed by atoms with Crippen molar-refractivity contribution in [1.82, 2.24) is 15.2 Å². The molecule has 0 radical (unpaired) electrons. The molecule has 0 spiro atoms. The maximum absolute atomic E-state index is 11.4. The molecule has 0 aliphatic heterocycles. The zero-order valence-electron chi connectivity index (χ0n) is 11.5. The van der Waals surface area contributed by atoms with Crippen LogP contribution in [0.4, 0.5) is 5.13 Å². The third-order valence-corrected chi connectivity index (χ3v) is 3.49.